The molecule has 0 bridgehead atoms. The lowest BCUT2D eigenvalue weighted by molar-refractivity contribution is 0.573. The summed E-state index contributed by atoms with van der Waals surface area (Å²) in [6, 6.07) is 7.10. The van der Waals surface area contributed by atoms with Crippen molar-refractivity contribution in [3.05, 3.63) is 34.9 Å². The lowest BCUT2D eigenvalue weighted by Gasteiger charge is -1.91. The van der Waals surface area contributed by atoms with Gasteiger partial charge >= 0.3 is 0 Å². The van der Waals surface area contributed by atoms with Gasteiger partial charge in [-0.25, -0.2) is 4.39 Å². The zero-order valence-electron chi connectivity index (χ0n) is 5.77. The first kappa shape index (κ1) is 8.10. The Balaban J connectivity index is 2.95. The first-order valence-corrected chi connectivity index (χ1v) is 3.52. The molecule has 11 heavy (non-hydrogen) atoms. The van der Waals surface area contributed by atoms with Crippen molar-refractivity contribution >= 4 is 11.6 Å². The lowest BCUT2D eigenvalue weighted by Crippen LogP contribution is -1.75. The van der Waals surface area contributed by atoms with Gasteiger partial charge in [0.05, 0.1) is 5.02 Å². The van der Waals surface area contributed by atoms with Crippen LogP contribution in [0.4, 0.5) is 4.39 Å². The van der Waals surface area contributed by atoms with Crippen LogP contribution in [0.2, 0.25) is 5.02 Å². The molecule has 0 aliphatic carbocycles. The van der Waals surface area contributed by atoms with Gasteiger partial charge in [0.15, 0.2) is 6.67 Å². The number of hydrogen-bond acceptors (Lipinski definition) is 0. The van der Waals surface area contributed by atoms with E-state index in [1.54, 1.807) is 12.1 Å². The Bertz CT molecular complexity index is 296. The first-order chi connectivity index (χ1) is 5.34. The molecule has 0 spiro atoms. The van der Waals surface area contributed by atoms with E-state index in [1.807, 2.05) is 12.1 Å². The van der Waals surface area contributed by atoms with Crippen LogP contribution in [-0.4, -0.2) is 6.67 Å². The molecule has 0 nitrogen and oxygen atoms in total. The SMILES string of the molecule is FCC#Cc1ccccc1Cl. The molecule has 1 aromatic rings. The summed E-state index contributed by atoms with van der Waals surface area (Å²) in [6.45, 7) is -0.634. The molecule has 0 atom stereocenters. The monoisotopic (exact) mass is 168 g/mol. The summed E-state index contributed by atoms with van der Waals surface area (Å²) in [5.41, 5.74) is 0.673. The maximum absolute atomic E-state index is 11.6. The quantitative estimate of drug-likeness (QED) is 0.523. The van der Waals surface area contributed by atoms with E-state index in [1.165, 1.54) is 0 Å². The van der Waals surface area contributed by atoms with Gasteiger partial charge in [-0.2, -0.15) is 0 Å². The zero-order chi connectivity index (χ0) is 8.10. The fourth-order valence-corrected chi connectivity index (χ4v) is 0.874. The third-order valence-corrected chi connectivity index (χ3v) is 1.49. The van der Waals surface area contributed by atoms with Gasteiger partial charge in [-0.05, 0) is 12.1 Å². The Labute approximate surface area is 70.0 Å². The molecule has 0 heterocycles. The number of benzene rings is 1. The van der Waals surface area contributed by atoms with E-state index >= 15 is 0 Å². The molecule has 0 radical (unpaired) electrons. The summed E-state index contributed by atoms with van der Waals surface area (Å²) in [5, 5.41) is 0.563. The van der Waals surface area contributed by atoms with E-state index in [0.29, 0.717) is 10.6 Å². The fraction of sp³-hybridized carbons (Fsp3) is 0.111. The highest BCUT2D eigenvalue weighted by atomic mass is 35.5. The highest BCUT2D eigenvalue weighted by molar-refractivity contribution is 6.31. The zero-order valence-corrected chi connectivity index (χ0v) is 6.53. The van der Waals surface area contributed by atoms with Crippen LogP contribution in [0.3, 0.4) is 0 Å². The smallest absolute Gasteiger partial charge is 0.150 e. The second-order valence-electron chi connectivity index (χ2n) is 1.92. The molecule has 1 aromatic carbocycles. The summed E-state index contributed by atoms with van der Waals surface area (Å²) in [4.78, 5) is 0. The van der Waals surface area contributed by atoms with Crippen LogP contribution in [0, 0.1) is 11.8 Å². The van der Waals surface area contributed by atoms with Crippen LogP contribution in [-0.2, 0) is 0 Å². The third kappa shape index (κ3) is 2.25. The minimum Gasteiger partial charge on any atom is -0.237 e. The maximum atomic E-state index is 11.6. The molecule has 0 N–H and O–H groups in total. The summed E-state index contributed by atoms with van der Waals surface area (Å²) in [7, 11) is 0. The van der Waals surface area contributed by atoms with Crippen LogP contribution in [0.15, 0.2) is 24.3 Å². The van der Waals surface area contributed by atoms with E-state index in [9.17, 15) is 4.39 Å². The minimum absolute atomic E-state index is 0.563. The average Bonchev–Trinajstić information content (AvgIpc) is 2.03. The van der Waals surface area contributed by atoms with E-state index < -0.39 is 6.67 Å². The van der Waals surface area contributed by atoms with Crippen molar-refractivity contribution in [2.45, 2.75) is 0 Å². The summed E-state index contributed by atoms with van der Waals surface area (Å²) >= 11 is 5.74. The predicted molar refractivity (Wildman–Crippen MR) is 44.3 cm³/mol. The molecule has 1 rings (SSSR count). The molecule has 0 aromatic heterocycles. The Kier molecular flexibility index (Phi) is 2.95. The second-order valence-corrected chi connectivity index (χ2v) is 2.32. The van der Waals surface area contributed by atoms with Crippen LogP contribution >= 0.6 is 11.6 Å². The van der Waals surface area contributed by atoms with E-state index in [4.69, 9.17) is 11.6 Å². The standard InChI is InChI=1S/C9H6ClF/c10-9-6-2-1-4-8(9)5-3-7-11/h1-2,4,6H,7H2. The van der Waals surface area contributed by atoms with Gasteiger partial charge in [0, 0.05) is 5.56 Å². The van der Waals surface area contributed by atoms with Gasteiger partial charge < -0.3 is 0 Å². The van der Waals surface area contributed by atoms with Crippen LogP contribution in [0.25, 0.3) is 0 Å². The molecule has 0 aliphatic heterocycles. The van der Waals surface area contributed by atoms with Gasteiger partial charge in [-0.1, -0.05) is 35.6 Å². The van der Waals surface area contributed by atoms with Crippen LogP contribution in [0.5, 0.6) is 0 Å². The van der Waals surface area contributed by atoms with Crippen molar-refractivity contribution in [3.8, 4) is 11.8 Å². The van der Waals surface area contributed by atoms with Crippen LogP contribution < -0.4 is 0 Å². The second kappa shape index (κ2) is 4.00. The Morgan fingerprint density at radius 2 is 2.09 bits per heavy atom. The van der Waals surface area contributed by atoms with Gasteiger partial charge in [-0.3, -0.25) is 0 Å². The highest BCUT2D eigenvalue weighted by Crippen LogP contribution is 2.12. The Hall–Kier alpha value is -1.00. The molecule has 0 saturated heterocycles. The topological polar surface area (TPSA) is 0 Å². The molecular formula is C9H6ClF. The molecule has 2 heteroatoms. The molecule has 0 aliphatic rings. The van der Waals surface area contributed by atoms with E-state index in [0.717, 1.165) is 0 Å². The average molecular weight is 169 g/mol. The van der Waals surface area contributed by atoms with Crippen molar-refractivity contribution in [3.63, 3.8) is 0 Å². The Morgan fingerprint density at radius 3 is 2.73 bits per heavy atom. The van der Waals surface area contributed by atoms with Crippen molar-refractivity contribution in [2.24, 2.45) is 0 Å². The Morgan fingerprint density at radius 1 is 1.36 bits per heavy atom. The molecule has 0 saturated carbocycles. The molecule has 0 amide bonds. The lowest BCUT2D eigenvalue weighted by atomic mass is 10.2. The van der Waals surface area contributed by atoms with Crippen LogP contribution in [0.1, 0.15) is 5.56 Å². The summed E-state index contributed by atoms with van der Waals surface area (Å²) in [6.07, 6.45) is 0. The molecule has 0 fully saturated rings. The van der Waals surface area contributed by atoms with Gasteiger partial charge in [0.2, 0.25) is 0 Å². The summed E-state index contributed by atoms with van der Waals surface area (Å²) in [5.74, 6) is 4.91. The van der Waals surface area contributed by atoms with E-state index in [-0.39, 0.29) is 0 Å². The third-order valence-electron chi connectivity index (χ3n) is 1.16. The number of rotatable bonds is 0. The molecular weight excluding hydrogens is 163 g/mol. The van der Waals surface area contributed by atoms with Gasteiger partial charge in [0.25, 0.3) is 0 Å². The number of halogens is 2. The van der Waals surface area contributed by atoms with Crippen molar-refractivity contribution in [1.82, 2.24) is 0 Å². The van der Waals surface area contributed by atoms with Crippen molar-refractivity contribution in [1.29, 1.82) is 0 Å². The van der Waals surface area contributed by atoms with Gasteiger partial charge in [0.1, 0.15) is 0 Å². The summed E-state index contributed by atoms with van der Waals surface area (Å²) < 4.78 is 11.6. The predicted octanol–water partition coefficient (Wildman–Crippen LogP) is 2.66. The fourth-order valence-electron chi connectivity index (χ4n) is 0.691. The highest BCUT2D eigenvalue weighted by Gasteiger charge is 1.91. The normalized spacial score (nSPS) is 8.55. The van der Waals surface area contributed by atoms with Gasteiger partial charge in [-0.15, -0.1) is 0 Å². The first-order valence-electron chi connectivity index (χ1n) is 3.14. The number of alkyl halides is 1. The maximum Gasteiger partial charge on any atom is 0.150 e. The largest absolute Gasteiger partial charge is 0.237 e. The van der Waals surface area contributed by atoms with Crippen molar-refractivity contribution in [2.75, 3.05) is 6.67 Å². The van der Waals surface area contributed by atoms with Crippen molar-refractivity contribution < 1.29 is 4.39 Å². The molecule has 0 unspecified atom stereocenters. The van der Waals surface area contributed by atoms with E-state index in [2.05, 4.69) is 11.8 Å². The number of hydrogen-bond donors (Lipinski definition) is 0. The minimum atomic E-state index is -0.634. The molecule has 56 valence electrons.